The normalized spacial score (nSPS) is 13.4. The first kappa shape index (κ1) is 15.6. The zero-order chi connectivity index (χ0) is 14.4. The lowest BCUT2D eigenvalue weighted by Gasteiger charge is -2.16. The minimum atomic E-state index is -0.0194. The predicted octanol–water partition coefficient (Wildman–Crippen LogP) is 4.79. The van der Waals surface area contributed by atoms with E-state index in [-0.39, 0.29) is 5.92 Å². The van der Waals surface area contributed by atoms with E-state index in [4.69, 9.17) is 4.99 Å². The van der Waals surface area contributed by atoms with Gasteiger partial charge in [-0.25, -0.2) is 0 Å². The molecule has 1 atom stereocenters. The van der Waals surface area contributed by atoms with Crippen LogP contribution >= 0.6 is 0 Å². The Morgan fingerprint density at radius 1 is 1.11 bits per heavy atom. The Morgan fingerprint density at radius 2 is 1.68 bits per heavy atom. The van der Waals surface area contributed by atoms with Gasteiger partial charge in [-0.3, -0.25) is 9.79 Å². The first-order valence-corrected chi connectivity index (χ1v) is 7.21. The minimum absolute atomic E-state index is 0.0194. The Morgan fingerprint density at radius 3 is 2.11 bits per heavy atom. The van der Waals surface area contributed by atoms with Crippen molar-refractivity contribution in [1.29, 1.82) is 0 Å². The molecule has 19 heavy (non-hydrogen) atoms. The van der Waals surface area contributed by atoms with Crippen LogP contribution in [0, 0.1) is 19.8 Å². The van der Waals surface area contributed by atoms with Crippen molar-refractivity contribution >= 4 is 17.2 Å². The van der Waals surface area contributed by atoms with Gasteiger partial charge in [-0.05, 0) is 37.8 Å². The minimum Gasteiger partial charge on any atom is -0.299 e. The average molecular weight is 259 g/mol. The third kappa shape index (κ3) is 3.76. The molecule has 0 heterocycles. The second-order valence-corrected chi connectivity index (χ2v) is 4.98. The summed E-state index contributed by atoms with van der Waals surface area (Å²) in [5.74, 6) is 0.281. The summed E-state index contributed by atoms with van der Waals surface area (Å²) in [4.78, 5) is 16.8. The Kier molecular flexibility index (Phi) is 5.94. The lowest BCUT2D eigenvalue weighted by Crippen LogP contribution is -2.22. The summed E-state index contributed by atoms with van der Waals surface area (Å²) in [7, 11) is 0. The molecule has 0 aliphatic heterocycles. The largest absolute Gasteiger partial charge is 0.299 e. The lowest BCUT2D eigenvalue weighted by molar-refractivity contribution is -0.120. The van der Waals surface area contributed by atoms with Crippen LogP contribution in [0.15, 0.2) is 23.2 Å². The highest BCUT2D eigenvalue weighted by Crippen LogP contribution is 2.25. The highest BCUT2D eigenvalue weighted by atomic mass is 16.1. The van der Waals surface area contributed by atoms with E-state index in [1.807, 2.05) is 13.0 Å². The molecule has 104 valence electrons. The van der Waals surface area contributed by atoms with Crippen molar-refractivity contribution in [3.8, 4) is 0 Å². The Labute approximate surface area is 117 Å². The van der Waals surface area contributed by atoms with Crippen LogP contribution in [0.1, 0.15) is 51.2 Å². The lowest BCUT2D eigenvalue weighted by atomic mass is 9.92. The molecule has 0 aliphatic rings. The first-order chi connectivity index (χ1) is 9.04. The molecular formula is C17H25NO. The van der Waals surface area contributed by atoms with Gasteiger partial charge in [-0.15, -0.1) is 0 Å². The first-order valence-electron chi connectivity index (χ1n) is 7.21. The van der Waals surface area contributed by atoms with Gasteiger partial charge < -0.3 is 0 Å². The number of ketones is 1. The maximum Gasteiger partial charge on any atom is 0.141 e. The smallest absolute Gasteiger partial charge is 0.141 e. The molecule has 2 nitrogen and oxygen atoms in total. The average Bonchev–Trinajstić information content (AvgIpc) is 2.41. The molecule has 1 unspecified atom stereocenters. The molecule has 0 radical (unpaired) electrons. The summed E-state index contributed by atoms with van der Waals surface area (Å²) >= 11 is 0. The van der Waals surface area contributed by atoms with Gasteiger partial charge in [0.05, 0.1) is 11.6 Å². The van der Waals surface area contributed by atoms with Gasteiger partial charge in [0.15, 0.2) is 0 Å². The number of hydrogen-bond donors (Lipinski definition) is 0. The number of aryl methyl sites for hydroxylation is 2. The molecule has 1 aromatic rings. The van der Waals surface area contributed by atoms with Gasteiger partial charge in [0.1, 0.15) is 5.78 Å². The second kappa shape index (κ2) is 7.22. The van der Waals surface area contributed by atoms with Crippen LogP contribution in [0.25, 0.3) is 0 Å². The topological polar surface area (TPSA) is 29.4 Å². The van der Waals surface area contributed by atoms with E-state index in [0.29, 0.717) is 12.2 Å². The number of nitrogens with zero attached hydrogens (tertiary/aromatic N) is 1. The molecule has 0 aromatic heterocycles. The van der Waals surface area contributed by atoms with E-state index >= 15 is 0 Å². The molecule has 0 saturated heterocycles. The molecular weight excluding hydrogens is 234 g/mol. The number of Topliss-reactive ketones (excluding diaryl/α,β-unsaturated/α-hetero) is 1. The van der Waals surface area contributed by atoms with Crippen molar-refractivity contribution in [2.24, 2.45) is 10.9 Å². The Bertz CT molecular complexity index is 454. The van der Waals surface area contributed by atoms with Crippen LogP contribution in [0.4, 0.5) is 5.69 Å². The van der Waals surface area contributed by atoms with E-state index in [9.17, 15) is 4.79 Å². The fraction of sp³-hybridized carbons (Fsp3) is 0.529. The van der Waals surface area contributed by atoms with Crippen molar-refractivity contribution in [2.75, 3.05) is 0 Å². The molecule has 0 aliphatic carbocycles. The van der Waals surface area contributed by atoms with E-state index in [1.54, 1.807) is 0 Å². The van der Waals surface area contributed by atoms with Gasteiger partial charge in [-0.2, -0.15) is 0 Å². The highest BCUT2D eigenvalue weighted by molar-refractivity contribution is 6.05. The predicted molar refractivity (Wildman–Crippen MR) is 82.4 cm³/mol. The maximum atomic E-state index is 12.0. The molecule has 1 aromatic carbocycles. The molecule has 0 spiro atoms. The fourth-order valence-corrected chi connectivity index (χ4v) is 2.42. The van der Waals surface area contributed by atoms with Crippen molar-refractivity contribution in [1.82, 2.24) is 0 Å². The van der Waals surface area contributed by atoms with Gasteiger partial charge in [0.25, 0.3) is 0 Å². The highest BCUT2D eigenvalue weighted by Gasteiger charge is 2.20. The van der Waals surface area contributed by atoms with Gasteiger partial charge in [0.2, 0.25) is 0 Å². The molecule has 2 heteroatoms. The summed E-state index contributed by atoms with van der Waals surface area (Å²) in [6, 6.07) is 6.19. The van der Waals surface area contributed by atoms with Crippen LogP contribution in [-0.2, 0) is 4.79 Å². The molecule has 1 rings (SSSR count). The quantitative estimate of drug-likeness (QED) is 0.675. The number of benzene rings is 1. The third-order valence-corrected chi connectivity index (χ3v) is 3.60. The monoisotopic (exact) mass is 259 g/mol. The molecule has 0 saturated carbocycles. The maximum absolute atomic E-state index is 12.0. The second-order valence-electron chi connectivity index (χ2n) is 4.98. The van der Waals surface area contributed by atoms with Crippen molar-refractivity contribution in [2.45, 2.75) is 53.9 Å². The fourth-order valence-electron chi connectivity index (χ4n) is 2.42. The Balaban J connectivity index is 3.21. The number of rotatable bonds is 6. The van der Waals surface area contributed by atoms with Crippen LogP contribution in [-0.4, -0.2) is 11.5 Å². The van der Waals surface area contributed by atoms with Crippen molar-refractivity contribution in [3.63, 3.8) is 0 Å². The summed E-state index contributed by atoms with van der Waals surface area (Å²) < 4.78 is 0. The van der Waals surface area contributed by atoms with Gasteiger partial charge in [0, 0.05) is 12.1 Å². The van der Waals surface area contributed by atoms with E-state index in [1.165, 1.54) is 11.1 Å². The van der Waals surface area contributed by atoms with Crippen LogP contribution in [0.3, 0.4) is 0 Å². The SMILES string of the molecule is CCC(=O)C(CC)/C(CC)=N\c1c(C)cccc1C. The van der Waals surface area contributed by atoms with Crippen LogP contribution in [0.5, 0.6) is 0 Å². The van der Waals surface area contributed by atoms with E-state index in [0.717, 1.165) is 24.2 Å². The summed E-state index contributed by atoms with van der Waals surface area (Å²) in [6.45, 7) is 10.2. The zero-order valence-corrected chi connectivity index (χ0v) is 12.8. The molecule has 0 amide bonds. The van der Waals surface area contributed by atoms with E-state index in [2.05, 4.69) is 39.8 Å². The number of aliphatic imine (C=N–C) groups is 1. The van der Waals surface area contributed by atoms with Crippen LogP contribution < -0.4 is 0 Å². The summed E-state index contributed by atoms with van der Waals surface area (Å²) in [5, 5.41) is 0. The summed E-state index contributed by atoms with van der Waals surface area (Å²) in [6.07, 6.45) is 2.26. The van der Waals surface area contributed by atoms with Crippen molar-refractivity contribution in [3.05, 3.63) is 29.3 Å². The number of carbonyl (C=O) groups excluding carboxylic acids is 1. The van der Waals surface area contributed by atoms with Gasteiger partial charge >= 0.3 is 0 Å². The van der Waals surface area contributed by atoms with Crippen molar-refractivity contribution < 1.29 is 4.79 Å². The van der Waals surface area contributed by atoms with E-state index < -0.39 is 0 Å². The molecule has 0 fully saturated rings. The summed E-state index contributed by atoms with van der Waals surface area (Å²) in [5.41, 5.74) is 4.39. The molecule has 0 bridgehead atoms. The standard InChI is InChI=1S/C17H25NO/c1-6-14(16(19)8-3)15(7-2)18-17-12(4)10-9-11-13(17)5/h9-11,14H,6-8H2,1-5H3/b18-15-. The zero-order valence-electron chi connectivity index (χ0n) is 12.8. The number of para-hydroxylation sites is 1. The molecule has 0 N–H and O–H groups in total. The number of carbonyl (C=O) groups is 1. The Hall–Kier alpha value is -1.44. The van der Waals surface area contributed by atoms with Crippen LogP contribution in [0.2, 0.25) is 0 Å². The van der Waals surface area contributed by atoms with Gasteiger partial charge in [-0.1, -0.05) is 39.0 Å². The third-order valence-electron chi connectivity index (χ3n) is 3.60. The number of hydrogen-bond acceptors (Lipinski definition) is 2.